The molecule has 18 heavy (non-hydrogen) atoms. The van der Waals surface area contributed by atoms with Crippen LogP contribution in [0.15, 0.2) is 12.1 Å². The molecule has 100 valence electrons. The highest BCUT2D eigenvalue weighted by molar-refractivity contribution is 5.76. The molecule has 0 heterocycles. The van der Waals surface area contributed by atoms with Crippen molar-refractivity contribution < 1.29 is 14.3 Å². The van der Waals surface area contributed by atoms with Gasteiger partial charge in [0.1, 0.15) is 0 Å². The number of nitrogen functional groups attached to an aromatic ring is 1. The zero-order valence-corrected chi connectivity index (χ0v) is 11.3. The van der Waals surface area contributed by atoms with Crippen molar-refractivity contribution in [3.63, 3.8) is 0 Å². The molecule has 0 saturated heterocycles. The Morgan fingerprint density at radius 2 is 1.94 bits per heavy atom. The Morgan fingerprint density at radius 3 is 2.44 bits per heavy atom. The molecule has 0 unspecified atom stereocenters. The number of nitrogens with zero attached hydrogens (tertiary/aromatic N) is 1. The SMILES string of the molecule is COc1cc(CCC(=O)N(C)C)cc(N)c1OC. The summed E-state index contributed by atoms with van der Waals surface area (Å²) in [6.45, 7) is 0. The summed E-state index contributed by atoms with van der Waals surface area (Å²) in [7, 11) is 6.59. The summed E-state index contributed by atoms with van der Waals surface area (Å²) < 4.78 is 10.4. The van der Waals surface area contributed by atoms with Crippen LogP contribution < -0.4 is 15.2 Å². The van der Waals surface area contributed by atoms with Crippen molar-refractivity contribution in [3.05, 3.63) is 17.7 Å². The van der Waals surface area contributed by atoms with Crippen LogP contribution in [0.1, 0.15) is 12.0 Å². The van der Waals surface area contributed by atoms with Crippen molar-refractivity contribution in [3.8, 4) is 11.5 Å². The third-order valence-corrected chi connectivity index (χ3v) is 2.69. The number of nitrogens with two attached hydrogens (primary N) is 1. The maximum Gasteiger partial charge on any atom is 0.222 e. The topological polar surface area (TPSA) is 64.8 Å². The van der Waals surface area contributed by atoms with Gasteiger partial charge in [0, 0.05) is 20.5 Å². The van der Waals surface area contributed by atoms with Gasteiger partial charge in [0.15, 0.2) is 11.5 Å². The molecular weight excluding hydrogens is 232 g/mol. The van der Waals surface area contributed by atoms with E-state index in [4.69, 9.17) is 15.2 Å². The minimum atomic E-state index is 0.0864. The lowest BCUT2D eigenvalue weighted by molar-refractivity contribution is -0.128. The van der Waals surface area contributed by atoms with Crippen molar-refractivity contribution in [1.29, 1.82) is 0 Å². The molecule has 5 heteroatoms. The number of rotatable bonds is 5. The lowest BCUT2D eigenvalue weighted by atomic mass is 10.1. The molecule has 0 fully saturated rings. The number of aryl methyl sites for hydroxylation is 1. The standard InChI is InChI=1S/C13H20N2O3/c1-15(2)12(16)6-5-9-7-10(14)13(18-4)11(8-9)17-3/h7-8H,5-6,14H2,1-4H3. The van der Waals surface area contributed by atoms with Crippen LogP contribution in [0.5, 0.6) is 11.5 Å². The summed E-state index contributed by atoms with van der Waals surface area (Å²) >= 11 is 0. The van der Waals surface area contributed by atoms with Crippen LogP contribution in [-0.4, -0.2) is 39.1 Å². The number of benzene rings is 1. The number of amides is 1. The summed E-state index contributed by atoms with van der Waals surface area (Å²) in [6.07, 6.45) is 1.07. The second-order valence-corrected chi connectivity index (χ2v) is 4.21. The van der Waals surface area contributed by atoms with Crippen LogP contribution in [-0.2, 0) is 11.2 Å². The first-order valence-electron chi connectivity index (χ1n) is 5.70. The van der Waals surface area contributed by atoms with E-state index in [0.717, 1.165) is 5.56 Å². The largest absolute Gasteiger partial charge is 0.493 e. The van der Waals surface area contributed by atoms with Crippen molar-refractivity contribution in [2.45, 2.75) is 12.8 Å². The molecule has 1 aromatic rings. The van der Waals surface area contributed by atoms with Gasteiger partial charge >= 0.3 is 0 Å². The van der Waals surface area contributed by atoms with Gasteiger partial charge in [0.05, 0.1) is 19.9 Å². The van der Waals surface area contributed by atoms with Gasteiger partial charge in [-0.2, -0.15) is 0 Å². The highest BCUT2D eigenvalue weighted by Gasteiger charge is 2.11. The van der Waals surface area contributed by atoms with Crippen molar-refractivity contribution in [1.82, 2.24) is 4.90 Å². The van der Waals surface area contributed by atoms with E-state index in [1.54, 1.807) is 33.2 Å². The number of hydrogen-bond donors (Lipinski definition) is 1. The van der Waals surface area contributed by atoms with Gasteiger partial charge < -0.3 is 20.1 Å². The van der Waals surface area contributed by atoms with Crippen LogP contribution >= 0.6 is 0 Å². The zero-order valence-electron chi connectivity index (χ0n) is 11.3. The first-order chi connectivity index (χ1) is 8.49. The molecule has 0 aliphatic carbocycles. The molecule has 0 aromatic heterocycles. The van der Waals surface area contributed by atoms with Gasteiger partial charge in [-0.1, -0.05) is 0 Å². The average Bonchev–Trinajstić information content (AvgIpc) is 2.34. The van der Waals surface area contributed by atoms with E-state index in [-0.39, 0.29) is 5.91 Å². The van der Waals surface area contributed by atoms with E-state index < -0.39 is 0 Å². The average molecular weight is 252 g/mol. The summed E-state index contributed by atoms with van der Waals surface area (Å²) in [5.41, 5.74) is 7.35. The maximum absolute atomic E-state index is 11.5. The normalized spacial score (nSPS) is 10.0. The third kappa shape index (κ3) is 3.29. The van der Waals surface area contributed by atoms with Gasteiger partial charge in [-0.05, 0) is 24.1 Å². The van der Waals surface area contributed by atoms with E-state index in [9.17, 15) is 4.79 Å². The highest BCUT2D eigenvalue weighted by Crippen LogP contribution is 2.34. The number of carbonyl (C=O) groups is 1. The number of hydrogen-bond acceptors (Lipinski definition) is 4. The van der Waals surface area contributed by atoms with E-state index in [1.165, 1.54) is 0 Å². The molecule has 0 aliphatic heterocycles. The summed E-state index contributed by atoms with van der Waals surface area (Å²) in [5, 5.41) is 0. The summed E-state index contributed by atoms with van der Waals surface area (Å²) in [4.78, 5) is 13.1. The molecule has 0 saturated carbocycles. The second-order valence-electron chi connectivity index (χ2n) is 4.21. The molecule has 0 atom stereocenters. The minimum Gasteiger partial charge on any atom is -0.493 e. The third-order valence-electron chi connectivity index (χ3n) is 2.69. The molecule has 1 rings (SSSR count). The van der Waals surface area contributed by atoms with E-state index in [2.05, 4.69) is 0 Å². The van der Waals surface area contributed by atoms with Crippen LogP contribution in [0.3, 0.4) is 0 Å². The van der Waals surface area contributed by atoms with E-state index in [1.807, 2.05) is 12.1 Å². The Kier molecular flexibility index (Phi) is 4.83. The number of ether oxygens (including phenoxy) is 2. The predicted molar refractivity (Wildman–Crippen MR) is 71.0 cm³/mol. The fourth-order valence-electron chi connectivity index (χ4n) is 1.67. The number of methoxy groups -OCH3 is 2. The monoisotopic (exact) mass is 252 g/mol. The first kappa shape index (κ1) is 14.2. The Bertz CT molecular complexity index is 430. The highest BCUT2D eigenvalue weighted by atomic mass is 16.5. The van der Waals surface area contributed by atoms with Gasteiger partial charge in [0.25, 0.3) is 0 Å². The molecule has 0 aliphatic rings. The fraction of sp³-hybridized carbons (Fsp3) is 0.462. The van der Waals surface area contributed by atoms with Gasteiger partial charge in [0.2, 0.25) is 5.91 Å². The molecule has 0 radical (unpaired) electrons. The van der Waals surface area contributed by atoms with Crippen LogP contribution in [0, 0.1) is 0 Å². The second kappa shape index (κ2) is 6.14. The smallest absolute Gasteiger partial charge is 0.222 e. The Balaban J connectivity index is 2.85. The maximum atomic E-state index is 11.5. The molecule has 1 amide bonds. The van der Waals surface area contributed by atoms with Gasteiger partial charge in [-0.15, -0.1) is 0 Å². The Labute approximate surface area is 107 Å². The summed E-state index contributed by atoms with van der Waals surface area (Å²) in [5.74, 6) is 1.20. The molecule has 1 aromatic carbocycles. The van der Waals surface area contributed by atoms with Crippen molar-refractivity contribution >= 4 is 11.6 Å². The Morgan fingerprint density at radius 1 is 1.28 bits per heavy atom. The van der Waals surface area contributed by atoms with E-state index in [0.29, 0.717) is 30.0 Å². The van der Waals surface area contributed by atoms with Crippen molar-refractivity contribution in [2.75, 3.05) is 34.0 Å². The molecular formula is C13H20N2O3. The van der Waals surface area contributed by atoms with E-state index >= 15 is 0 Å². The van der Waals surface area contributed by atoms with Gasteiger partial charge in [-0.3, -0.25) is 4.79 Å². The number of anilines is 1. The molecule has 0 bridgehead atoms. The quantitative estimate of drug-likeness (QED) is 0.802. The summed E-state index contributed by atoms with van der Waals surface area (Å²) in [6, 6.07) is 3.66. The zero-order chi connectivity index (χ0) is 13.7. The van der Waals surface area contributed by atoms with Crippen LogP contribution in [0.2, 0.25) is 0 Å². The van der Waals surface area contributed by atoms with Gasteiger partial charge in [-0.25, -0.2) is 0 Å². The molecule has 0 spiro atoms. The predicted octanol–water partition coefficient (Wildman–Crippen LogP) is 1.31. The van der Waals surface area contributed by atoms with Crippen LogP contribution in [0.4, 0.5) is 5.69 Å². The number of carbonyl (C=O) groups excluding carboxylic acids is 1. The lowest BCUT2D eigenvalue weighted by Crippen LogP contribution is -2.21. The van der Waals surface area contributed by atoms with Crippen LogP contribution in [0.25, 0.3) is 0 Å². The van der Waals surface area contributed by atoms with Crippen molar-refractivity contribution in [2.24, 2.45) is 0 Å². The Hall–Kier alpha value is -1.91. The fourth-order valence-corrected chi connectivity index (χ4v) is 1.67. The minimum absolute atomic E-state index is 0.0864. The first-order valence-corrected chi connectivity index (χ1v) is 5.70. The molecule has 5 nitrogen and oxygen atoms in total. The molecule has 2 N–H and O–H groups in total. The lowest BCUT2D eigenvalue weighted by Gasteiger charge is -2.13.